The Balaban J connectivity index is 4.14. The first-order valence-electron chi connectivity index (χ1n) is 31.9. The fraction of sp³-hybridized carbons (Fsp3) is 0.700. The zero-order valence-corrected chi connectivity index (χ0v) is 49.7. The van der Waals surface area contributed by atoms with E-state index in [1.165, 1.54) is 135 Å². The van der Waals surface area contributed by atoms with Crippen molar-refractivity contribution in [3.8, 4) is 0 Å². The summed E-state index contributed by atoms with van der Waals surface area (Å²) < 4.78 is 16.8. The highest BCUT2D eigenvalue weighted by molar-refractivity contribution is 5.71. The average Bonchev–Trinajstić information content (AvgIpc) is 3.42. The van der Waals surface area contributed by atoms with E-state index in [-0.39, 0.29) is 37.5 Å². The van der Waals surface area contributed by atoms with Gasteiger partial charge in [-0.05, 0) is 103 Å². The minimum absolute atomic E-state index is 0.0890. The van der Waals surface area contributed by atoms with E-state index in [9.17, 15) is 14.4 Å². The molecule has 0 aromatic rings. The van der Waals surface area contributed by atoms with Gasteiger partial charge in [0.15, 0.2) is 6.10 Å². The molecule has 0 aliphatic rings. The van der Waals surface area contributed by atoms with E-state index in [0.717, 1.165) is 122 Å². The molecule has 434 valence electrons. The predicted molar refractivity (Wildman–Crippen MR) is 330 cm³/mol. The molecule has 0 N–H and O–H groups in total. The minimum atomic E-state index is -0.793. The molecule has 0 radical (unpaired) electrons. The van der Waals surface area contributed by atoms with Crippen LogP contribution in [0.1, 0.15) is 297 Å². The van der Waals surface area contributed by atoms with Gasteiger partial charge in [-0.15, -0.1) is 0 Å². The summed E-state index contributed by atoms with van der Waals surface area (Å²) in [5.41, 5.74) is 0. The van der Waals surface area contributed by atoms with Crippen LogP contribution in [-0.2, 0) is 28.6 Å². The van der Waals surface area contributed by atoms with E-state index in [1.54, 1.807) is 0 Å². The summed E-state index contributed by atoms with van der Waals surface area (Å²) in [4.78, 5) is 38.1. The van der Waals surface area contributed by atoms with Gasteiger partial charge in [-0.3, -0.25) is 14.4 Å². The highest BCUT2D eigenvalue weighted by Gasteiger charge is 2.19. The second-order valence-electron chi connectivity index (χ2n) is 20.9. The third-order valence-electron chi connectivity index (χ3n) is 13.5. The molecule has 0 spiro atoms. The first-order valence-corrected chi connectivity index (χ1v) is 31.9. The third kappa shape index (κ3) is 60.9. The smallest absolute Gasteiger partial charge is 0.306 e. The van der Waals surface area contributed by atoms with Crippen LogP contribution in [0.3, 0.4) is 0 Å². The largest absolute Gasteiger partial charge is 0.462 e. The number of rotatable bonds is 57. The Morgan fingerprint density at radius 2 is 0.513 bits per heavy atom. The normalized spacial score (nSPS) is 12.8. The van der Waals surface area contributed by atoms with Crippen molar-refractivity contribution in [1.82, 2.24) is 0 Å². The number of esters is 3. The SMILES string of the molecule is CC/C=C\C/C=C\C/C=C\C/C=C\C/C=C\CCCCCC(=O)OC(COC(=O)CCCCCCCCCC)COC(=O)CCCCCCCCCCCCCCCCCCCC/C=C\C/C=C\C/C=C\C/C=C\CC. The zero-order chi connectivity index (χ0) is 55.0. The van der Waals surface area contributed by atoms with Gasteiger partial charge in [-0.2, -0.15) is 0 Å². The molecule has 0 aliphatic heterocycles. The lowest BCUT2D eigenvalue weighted by atomic mass is 10.0. The number of unbranched alkanes of at least 4 members (excludes halogenated alkanes) is 28. The Morgan fingerprint density at radius 1 is 0.276 bits per heavy atom. The molecule has 0 saturated carbocycles. The Bertz CT molecular complexity index is 1540. The molecule has 0 aromatic heterocycles. The molecule has 76 heavy (non-hydrogen) atoms. The summed E-state index contributed by atoms with van der Waals surface area (Å²) >= 11 is 0. The lowest BCUT2D eigenvalue weighted by Crippen LogP contribution is -2.30. The first-order chi connectivity index (χ1) is 37.5. The molecule has 1 unspecified atom stereocenters. The second kappa shape index (κ2) is 63.6. The molecule has 0 aromatic carbocycles. The van der Waals surface area contributed by atoms with Gasteiger partial charge in [-0.25, -0.2) is 0 Å². The topological polar surface area (TPSA) is 78.9 Å². The summed E-state index contributed by atoms with van der Waals surface area (Å²) in [5.74, 6) is -0.919. The van der Waals surface area contributed by atoms with E-state index in [1.807, 2.05) is 0 Å². The van der Waals surface area contributed by atoms with Gasteiger partial charge in [0.05, 0.1) is 0 Å². The number of allylic oxidation sites excluding steroid dienone is 18. The third-order valence-corrected chi connectivity index (χ3v) is 13.5. The van der Waals surface area contributed by atoms with E-state index < -0.39 is 6.10 Å². The van der Waals surface area contributed by atoms with Crippen molar-refractivity contribution in [2.75, 3.05) is 13.2 Å². The molecule has 0 saturated heterocycles. The Morgan fingerprint density at radius 3 is 0.816 bits per heavy atom. The van der Waals surface area contributed by atoms with E-state index in [0.29, 0.717) is 12.8 Å². The van der Waals surface area contributed by atoms with Crippen LogP contribution in [0, 0.1) is 0 Å². The summed E-state index contributed by atoms with van der Waals surface area (Å²) in [6.07, 6.45) is 87.0. The van der Waals surface area contributed by atoms with Crippen molar-refractivity contribution < 1.29 is 28.6 Å². The van der Waals surface area contributed by atoms with Gasteiger partial charge < -0.3 is 14.2 Å². The monoisotopic (exact) mass is 1050 g/mol. The molecule has 0 fully saturated rings. The summed E-state index contributed by atoms with van der Waals surface area (Å²) in [6.45, 7) is 6.37. The maximum atomic E-state index is 12.8. The van der Waals surface area contributed by atoms with Crippen LogP contribution >= 0.6 is 0 Å². The van der Waals surface area contributed by atoms with Gasteiger partial charge >= 0.3 is 17.9 Å². The Hall–Kier alpha value is -3.93. The van der Waals surface area contributed by atoms with Crippen molar-refractivity contribution in [3.05, 3.63) is 109 Å². The number of hydrogen-bond acceptors (Lipinski definition) is 6. The van der Waals surface area contributed by atoms with E-state index in [2.05, 4.69) is 130 Å². The molecular weight excluding hydrogens is 937 g/mol. The van der Waals surface area contributed by atoms with Crippen LogP contribution in [0.2, 0.25) is 0 Å². The van der Waals surface area contributed by atoms with Gasteiger partial charge in [0.1, 0.15) is 13.2 Å². The molecule has 6 nitrogen and oxygen atoms in total. The Kier molecular flexibility index (Phi) is 60.3. The molecule has 0 amide bonds. The van der Waals surface area contributed by atoms with Gasteiger partial charge in [0.2, 0.25) is 0 Å². The van der Waals surface area contributed by atoms with Crippen LogP contribution in [0.4, 0.5) is 0 Å². The van der Waals surface area contributed by atoms with Crippen LogP contribution < -0.4 is 0 Å². The zero-order valence-electron chi connectivity index (χ0n) is 49.7. The number of ether oxygens (including phenoxy) is 3. The molecule has 6 heteroatoms. The minimum Gasteiger partial charge on any atom is -0.462 e. The highest BCUT2D eigenvalue weighted by atomic mass is 16.6. The van der Waals surface area contributed by atoms with Crippen molar-refractivity contribution in [2.24, 2.45) is 0 Å². The van der Waals surface area contributed by atoms with Crippen molar-refractivity contribution in [1.29, 1.82) is 0 Å². The average molecular weight is 1060 g/mol. The summed E-state index contributed by atoms with van der Waals surface area (Å²) in [6, 6.07) is 0. The molecule has 0 bridgehead atoms. The number of hydrogen-bond donors (Lipinski definition) is 0. The second-order valence-corrected chi connectivity index (χ2v) is 20.9. The maximum Gasteiger partial charge on any atom is 0.306 e. The van der Waals surface area contributed by atoms with Crippen molar-refractivity contribution in [2.45, 2.75) is 303 Å². The maximum absolute atomic E-state index is 12.8. The van der Waals surface area contributed by atoms with Crippen LogP contribution in [0.5, 0.6) is 0 Å². The quantitative estimate of drug-likeness (QED) is 0.0261. The predicted octanol–water partition coefficient (Wildman–Crippen LogP) is 21.8. The molecular formula is C70H118O6. The van der Waals surface area contributed by atoms with Gasteiger partial charge in [0.25, 0.3) is 0 Å². The van der Waals surface area contributed by atoms with Crippen molar-refractivity contribution >= 4 is 17.9 Å². The fourth-order valence-corrected chi connectivity index (χ4v) is 8.81. The van der Waals surface area contributed by atoms with E-state index in [4.69, 9.17) is 14.2 Å². The number of carbonyl (C=O) groups excluding carboxylic acids is 3. The van der Waals surface area contributed by atoms with Crippen LogP contribution in [0.25, 0.3) is 0 Å². The lowest BCUT2D eigenvalue weighted by Gasteiger charge is -2.18. The molecule has 1 atom stereocenters. The van der Waals surface area contributed by atoms with Gasteiger partial charge in [0, 0.05) is 19.3 Å². The van der Waals surface area contributed by atoms with Gasteiger partial charge in [-0.1, -0.05) is 284 Å². The molecule has 0 rings (SSSR count). The summed E-state index contributed by atoms with van der Waals surface area (Å²) in [5, 5.41) is 0. The highest BCUT2D eigenvalue weighted by Crippen LogP contribution is 2.16. The number of carbonyl (C=O) groups is 3. The molecule has 0 heterocycles. The fourth-order valence-electron chi connectivity index (χ4n) is 8.81. The van der Waals surface area contributed by atoms with Crippen LogP contribution in [-0.4, -0.2) is 37.2 Å². The van der Waals surface area contributed by atoms with E-state index >= 15 is 0 Å². The standard InChI is InChI=1S/C70H118O6/c1-4-7-10-13-16-19-21-23-25-27-29-30-31-32-33-34-35-36-37-38-39-40-42-43-45-47-49-51-54-57-60-63-69(72)75-66-67(65-74-68(71)62-59-56-53-18-15-12-9-6-3)76-70(73)64-61-58-55-52-50-48-46-44-41-28-26-24-22-20-17-14-11-8-5-2/h7-8,10-11,16-17,19-20,23-26,29-30,41,44,48,50,67H,4-6,9,12-15,18,21-22,27-28,31-40,42-43,45-47,49,51-66H2,1-3H3/b10-7-,11-8-,19-16-,20-17-,25-23-,26-24-,30-29-,44-41-,50-48-. The first kappa shape index (κ1) is 72.1. The lowest BCUT2D eigenvalue weighted by molar-refractivity contribution is -0.167. The van der Waals surface area contributed by atoms with Crippen LogP contribution in [0.15, 0.2) is 109 Å². The molecule has 0 aliphatic carbocycles. The summed E-state index contributed by atoms with van der Waals surface area (Å²) in [7, 11) is 0. The van der Waals surface area contributed by atoms with Crippen molar-refractivity contribution in [3.63, 3.8) is 0 Å². The Labute approximate surface area is 470 Å².